The Morgan fingerprint density at radius 3 is 2.38 bits per heavy atom. The lowest BCUT2D eigenvalue weighted by Gasteiger charge is -2.41. The van der Waals surface area contributed by atoms with Gasteiger partial charge in [-0.3, -0.25) is 4.79 Å². The number of hydrogen-bond acceptors (Lipinski definition) is 8. The fraction of sp³-hybridized carbons (Fsp3) is 0.786. The molecule has 1 rings (SSSR count). The molecule has 0 bridgehead atoms. The van der Waals surface area contributed by atoms with Crippen molar-refractivity contribution in [2.45, 2.75) is 62.7 Å². The number of aliphatic carboxylic acids is 1. The molecule has 3 unspecified atom stereocenters. The number of amides is 1. The fourth-order valence-corrected chi connectivity index (χ4v) is 2.42. The smallest absolute Gasteiger partial charge is 0.332 e. The van der Waals surface area contributed by atoms with Gasteiger partial charge in [0, 0.05) is 19.3 Å². The van der Waals surface area contributed by atoms with E-state index in [2.05, 4.69) is 5.32 Å². The molecular formula is C14H23NO9. The molecule has 0 aliphatic carbocycles. The van der Waals surface area contributed by atoms with Gasteiger partial charge in [-0.1, -0.05) is 0 Å². The van der Waals surface area contributed by atoms with Crippen LogP contribution in [0, 0.1) is 0 Å². The number of ketones is 1. The van der Waals surface area contributed by atoms with Crippen molar-refractivity contribution in [2.75, 3.05) is 6.61 Å². The van der Waals surface area contributed by atoms with Crippen molar-refractivity contribution < 1.29 is 44.7 Å². The summed E-state index contributed by atoms with van der Waals surface area (Å²) in [6.07, 6.45) is -8.10. The molecule has 1 heterocycles. The van der Waals surface area contributed by atoms with Crippen LogP contribution in [0.15, 0.2) is 0 Å². The zero-order chi connectivity index (χ0) is 18.4. The van der Waals surface area contributed by atoms with Gasteiger partial charge in [0.1, 0.15) is 24.1 Å². The highest BCUT2D eigenvalue weighted by atomic mass is 16.5. The van der Waals surface area contributed by atoms with Gasteiger partial charge in [-0.05, 0) is 6.92 Å². The molecule has 1 aliphatic rings. The number of carbonyl (C=O) groups excluding carboxylic acids is 2. The molecule has 1 amide bonds. The first-order chi connectivity index (χ1) is 11.2. The Hall–Kier alpha value is -1.59. The highest BCUT2D eigenvalue weighted by Gasteiger charge is 2.46. The van der Waals surface area contributed by atoms with Crippen molar-refractivity contribution in [3.05, 3.63) is 0 Å². The molecule has 0 spiro atoms. The maximum Gasteiger partial charge on any atom is 0.332 e. The molecule has 138 valence electrons. The molecule has 0 radical (unpaired) electrons. The van der Waals surface area contributed by atoms with Crippen LogP contribution in [0.25, 0.3) is 0 Å². The van der Waals surface area contributed by atoms with Gasteiger partial charge in [0.2, 0.25) is 5.91 Å². The van der Waals surface area contributed by atoms with Crippen LogP contribution >= 0.6 is 0 Å². The SMILES string of the molecule is CC(=O)CCC(=O)N[C@@H]1C(O)CC(C(=O)O)OC1[C@H](O)[C@H](O)CO. The summed E-state index contributed by atoms with van der Waals surface area (Å²) in [4.78, 5) is 33.8. The average Bonchev–Trinajstić information content (AvgIpc) is 2.52. The predicted molar refractivity (Wildman–Crippen MR) is 77.9 cm³/mol. The van der Waals surface area contributed by atoms with Crippen molar-refractivity contribution >= 4 is 17.7 Å². The van der Waals surface area contributed by atoms with Crippen molar-refractivity contribution in [2.24, 2.45) is 0 Å². The van der Waals surface area contributed by atoms with Gasteiger partial charge < -0.3 is 40.4 Å². The Balaban J connectivity index is 2.88. The zero-order valence-electron chi connectivity index (χ0n) is 13.2. The van der Waals surface area contributed by atoms with E-state index in [1.807, 2.05) is 0 Å². The number of rotatable bonds is 8. The highest BCUT2D eigenvalue weighted by Crippen LogP contribution is 2.24. The standard InChI is InChI=1S/C14H23NO9/c1-6(17)2-3-10(20)15-11-7(18)4-9(14(22)23)24-13(11)12(21)8(19)5-16/h7-9,11-13,16,18-19,21H,2-5H2,1H3,(H,15,20)(H,22,23)/t7?,8-,9?,11-,12-,13?/m1/s1. The summed E-state index contributed by atoms with van der Waals surface area (Å²) in [6.45, 7) is 0.493. The number of Topliss-reactive ketones (excluding diaryl/α,β-unsaturated/α-hetero) is 1. The van der Waals surface area contributed by atoms with E-state index in [1.54, 1.807) is 0 Å². The van der Waals surface area contributed by atoms with E-state index in [0.29, 0.717) is 0 Å². The number of aliphatic hydroxyl groups excluding tert-OH is 4. The number of carboxylic acids is 1. The summed E-state index contributed by atoms with van der Waals surface area (Å²) in [6, 6.07) is -1.20. The second-order valence-corrected chi connectivity index (χ2v) is 5.77. The summed E-state index contributed by atoms with van der Waals surface area (Å²) in [5.41, 5.74) is 0. The summed E-state index contributed by atoms with van der Waals surface area (Å²) < 4.78 is 5.18. The molecule has 1 aliphatic heterocycles. The predicted octanol–water partition coefficient (Wildman–Crippen LogP) is -2.84. The second-order valence-electron chi connectivity index (χ2n) is 5.77. The first-order valence-electron chi connectivity index (χ1n) is 7.49. The van der Waals surface area contributed by atoms with Gasteiger partial charge in [0.25, 0.3) is 0 Å². The number of carbonyl (C=O) groups is 3. The largest absolute Gasteiger partial charge is 0.479 e. The molecule has 0 aromatic heterocycles. The van der Waals surface area contributed by atoms with E-state index in [-0.39, 0.29) is 25.0 Å². The average molecular weight is 349 g/mol. The third-order valence-corrected chi connectivity index (χ3v) is 3.77. The van der Waals surface area contributed by atoms with Crippen molar-refractivity contribution in [1.82, 2.24) is 5.32 Å². The van der Waals surface area contributed by atoms with Crippen LogP contribution in [0.3, 0.4) is 0 Å². The molecule has 24 heavy (non-hydrogen) atoms. The zero-order valence-corrected chi connectivity index (χ0v) is 13.2. The summed E-state index contributed by atoms with van der Waals surface area (Å²) in [7, 11) is 0. The molecule has 10 nitrogen and oxygen atoms in total. The monoisotopic (exact) mass is 349 g/mol. The van der Waals surface area contributed by atoms with Gasteiger partial charge >= 0.3 is 5.97 Å². The van der Waals surface area contributed by atoms with E-state index in [0.717, 1.165) is 0 Å². The van der Waals surface area contributed by atoms with Crippen molar-refractivity contribution in [3.8, 4) is 0 Å². The first-order valence-corrected chi connectivity index (χ1v) is 7.49. The Kier molecular flexibility index (Phi) is 7.70. The number of ether oxygens (including phenoxy) is 1. The molecule has 6 atom stereocenters. The summed E-state index contributed by atoms with van der Waals surface area (Å²) in [5, 5.41) is 50.0. The number of carboxylic acid groups (broad SMARTS) is 1. The van der Waals surface area contributed by atoms with E-state index >= 15 is 0 Å². The van der Waals surface area contributed by atoms with Crippen LogP contribution < -0.4 is 5.32 Å². The lowest BCUT2D eigenvalue weighted by molar-refractivity contribution is -0.196. The summed E-state index contributed by atoms with van der Waals surface area (Å²) >= 11 is 0. The molecule has 1 fully saturated rings. The quantitative estimate of drug-likeness (QED) is 0.270. The number of hydrogen-bond donors (Lipinski definition) is 6. The lowest BCUT2D eigenvalue weighted by atomic mass is 9.90. The lowest BCUT2D eigenvalue weighted by Crippen LogP contribution is -2.63. The van der Waals surface area contributed by atoms with Crippen LogP contribution in [-0.4, -0.2) is 86.4 Å². The molecule has 6 N–H and O–H groups in total. The van der Waals surface area contributed by atoms with Gasteiger partial charge in [-0.25, -0.2) is 4.79 Å². The van der Waals surface area contributed by atoms with Gasteiger partial charge in [0.15, 0.2) is 6.10 Å². The summed E-state index contributed by atoms with van der Waals surface area (Å²) in [5.74, 6) is -2.17. The molecular weight excluding hydrogens is 326 g/mol. The Morgan fingerprint density at radius 2 is 1.88 bits per heavy atom. The minimum absolute atomic E-state index is 0.0141. The van der Waals surface area contributed by atoms with E-state index in [9.17, 15) is 29.7 Å². The molecule has 1 saturated heterocycles. The van der Waals surface area contributed by atoms with Crippen LogP contribution in [0.4, 0.5) is 0 Å². The fourth-order valence-electron chi connectivity index (χ4n) is 2.42. The van der Waals surface area contributed by atoms with Crippen LogP contribution in [0.1, 0.15) is 26.2 Å². The third-order valence-electron chi connectivity index (χ3n) is 3.77. The topological polar surface area (TPSA) is 174 Å². The minimum Gasteiger partial charge on any atom is -0.479 e. The normalized spacial score (nSPS) is 29.5. The number of nitrogens with one attached hydrogen (secondary N) is 1. The Labute approximate surface area is 138 Å². The van der Waals surface area contributed by atoms with E-state index < -0.39 is 55.0 Å². The number of aliphatic hydroxyl groups is 4. The van der Waals surface area contributed by atoms with Gasteiger partial charge in [0.05, 0.1) is 18.8 Å². The van der Waals surface area contributed by atoms with E-state index in [1.165, 1.54) is 6.92 Å². The van der Waals surface area contributed by atoms with Crippen LogP contribution in [-0.2, 0) is 19.1 Å². The minimum atomic E-state index is -1.73. The first kappa shape index (κ1) is 20.5. The molecule has 0 aromatic rings. The second kappa shape index (κ2) is 9.04. The Morgan fingerprint density at radius 1 is 1.25 bits per heavy atom. The maximum absolute atomic E-state index is 11.8. The van der Waals surface area contributed by atoms with Crippen molar-refractivity contribution in [3.63, 3.8) is 0 Å². The maximum atomic E-state index is 11.8. The molecule has 0 saturated carbocycles. The van der Waals surface area contributed by atoms with Crippen molar-refractivity contribution in [1.29, 1.82) is 0 Å². The molecule has 0 aromatic carbocycles. The van der Waals surface area contributed by atoms with Gasteiger partial charge in [-0.15, -0.1) is 0 Å². The van der Waals surface area contributed by atoms with E-state index in [4.69, 9.17) is 14.9 Å². The van der Waals surface area contributed by atoms with Crippen LogP contribution in [0.5, 0.6) is 0 Å². The Bertz CT molecular complexity index is 469. The van der Waals surface area contributed by atoms with Crippen LogP contribution in [0.2, 0.25) is 0 Å². The third kappa shape index (κ3) is 5.49. The van der Waals surface area contributed by atoms with Gasteiger partial charge in [-0.2, -0.15) is 0 Å². The highest BCUT2D eigenvalue weighted by molar-refractivity contribution is 5.83. The molecule has 10 heteroatoms.